The van der Waals surface area contributed by atoms with E-state index >= 15 is 0 Å². The van der Waals surface area contributed by atoms with E-state index in [1.807, 2.05) is 19.2 Å². The Morgan fingerprint density at radius 2 is 2.21 bits per heavy atom. The minimum Gasteiger partial charge on any atom is -0.383 e. The molecule has 1 unspecified atom stereocenters. The van der Waals surface area contributed by atoms with Gasteiger partial charge in [0.2, 0.25) is 5.91 Å². The first-order chi connectivity index (χ1) is 10.8. The highest BCUT2D eigenvalue weighted by atomic mass is 35.5. The molecule has 3 heterocycles. The number of nitrogens with one attached hydrogen (secondary N) is 4. The molecule has 0 aromatic carbocycles. The largest absolute Gasteiger partial charge is 0.383 e. The number of hydrogen-bond acceptors (Lipinski definition) is 5. The lowest BCUT2D eigenvalue weighted by Crippen LogP contribution is -2.42. The van der Waals surface area contributed by atoms with E-state index in [0.717, 1.165) is 35.6 Å². The quantitative estimate of drug-likeness (QED) is 0.594. The fourth-order valence-electron chi connectivity index (χ4n) is 2.59. The third-order valence-electron chi connectivity index (χ3n) is 3.77. The van der Waals surface area contributed by atoms with Crippen LogP contribution in [0.4, 0.5) is 5.69 Å². The number of rotatable bonds is 5. The average Bonchev–Trinajstić information content (AvgIpc) is 3.01. The zero-order valence-electron chi connectivity index (χ0n) is 13.3. The zero-order valence-corrected chi connectivity index (χ0v) is 15.0. The van der Waals surface area contributed by atoms with Gasteiger partial charge < -0.3 is 20.9 Å². The van der Waals surface area contributed by atoms with Gasteiger partial charge in [-0.3, -0.25) is 9.78 Å². The highest BCUT2D eigenvalue weighted by Crippen LogP contribution is 2.19. The van der Waals surface area contributed by atoms with Crippen molar-refractivity contribution in [2.24, 2.45) is 0 Å². The van der Waals surface area contributed by atoms with Crippen LogP contribution in [0.25, 0.3) is 0 Å². The number of aromatic nitrogens is 3. The van der Waals surface area contributed by atoms with Gasteiger partial charge in [-0.1, -0.05) is 0 Å². The van der Waals surface area contributed by atoms with Gasteiger partial charge in [0.25, 0.3) is 0 Å². The van der Waals surface area contributed by atoms with Gasteiger partial charge in [-0.05, 0) is 18.6 Å². The Bertz CT molecular complexity index is 663. The summed E-state index contributed by atoms with van der Waals surface area (Å²) >= 11 is 0. The molecule has 4 N–H and O–H groups in total. The normalized spacial score (nSPS) is 15.5. The monoisotopic (exact) mass is 372 g/mol. The van der Waals surface area contributed by atoms with Crippen molar-refractivity contribution in [3.05, 3.63) is 41.7 Å². The molecular weight excluding hydrogens is 351 g/mol. The van der Waals surface area contributed by atoms with Gasteiger partial charge in [0, 0.05) is 49.8 Å². The van der Waals surface area contributed by atoms with Crippen LogP contribution in [0.3, 0.4) is 0 Å². The molecule has 9 heteroatoms. The number of carbonyl (C=O) groups is 1. The van der Waals surface area contributed by atoms with Crippen LogP contribution in [-0.4, -0.2) is 40.5 Å². The van der Waals surface area contributed by atoms with Gasteiger partial charge in [0.1, 0.15) is 6.04 Å². The summed E-state index contributed by atoms with van der Waals surface area (Å²) < 4.78 is 0. The first-order valence-electron chi connectivity index (χ1n) is 7.43. The van der Waals surface area contributed by atoms with Gasteiger partial charge in [0.15, 0.2) is 0 Å². The van der Waals surface area contributed by atoms with E-state index < -0.39 is 0 Å². The van der Waals surface area contributed by atoms with Crippen LogP contribution in [0.5, 0.6) is 0 Å². The number of H-pyrrole nitrogens is 1. The van der Waals surface area contributed by atoms with Crippen molar-refractivity contribution in [3.8, 4) is 0 Å². The minimum atomic E-state index is -0.363. The molecule has 2 aromatic rings. The number of aromatic amines is 1. The zero-order chi connectivity index (χ0) is 15.4. The molecule has 24 heavy (non-hydrogen) atoms. The van der Waals surface area contributed by atoms with E-state index in [2.05, 4.69) is 30.9 Å². The second kappa shape index (κ2) is 9.46. The van der Waals surface area contributed by atoms with Crippen LogP contribution in [0.1, 0.15) is 23.0 Å². The summed E-state index contributed by atoms with van der Waals surface area (Å²) in [4.78, 5) is 23.7. The third-order valence-corrected chi connectivity index (χ3v) is 3.77. The number of hydrogen-bond donors (Lipinski definition) is 4. The fraction of sp³-hybridized carbons (Fsp3) is 0.400. The number of fused-ring (bicyclic) bond motifs is 1. The molecule has 3 rings (SSSR count). The molecule has 0 aliphatic carbocycles. The van der Waals surface area contributed by atoms with Crippen LogP contribution >= 0.6 is 24.8 Å². The van der Waals surface area contributed by atoms with Crippen molar-refractivity contribution in [3.63, 3.8) is 0 Å². The minimum absolute atomic E-state index is 0. The molecule has 1 amide bonds. The maximum Gasteiger partial charge on any atom is 0.243 e. The fourth-order valence-corrected chi connectivity index (χ4v) is 2.59. The number of anilines is 1. The molecule has 132 valence electrons. The van der Waals surface area contributed by atoms with E-state index in [1.54, 1.807) is 12.5 Å². The third kappa shape index (κ3) is 4.59. The van der Waals surface area contributed by atoms with Crippen molar-refractivity contribution in [2.75, 3.05) is 25.0 Å². The van der Waals surface area contributed by atoms with Crippen LogP contribution in [0.2, 0.25) is 0 Å². The Hall–Kier alpha value is -1.83. The molecule has 0 radical (unpaired) electrons. The van der Waals surface area contributed by atoms with E-state index in [4.69, 9.17) is 0 Å². The predicted molar refractivity (Wildman–Crippen MR) is 98.0 cm³/mol. The molecule has 7 nitrogen and oxygen atoms in total. The summed E-state index contributed by atoms with van der Waals surface area (Å²) in [5, 5.41) is 9.43. The summed E-state index contributed by atoms with van der Waals surface area (Å²) in [5.41, 5.74) is 3.98. The van der Waals surface area contributed by atoms with Crippen LogP contribution in [0.15, 0.2) is 24.8 Å². The average molecular weight is 373 g/mol. The molecule has 0 saturated carbocycles. The molecule has 0 saturated heterocycles. The molecule has 1 aliphatic rings. The number of aryl methyl sites for hydroxylation is 1. The van der Waals surface area contributed by atoms with Crippen LogP contribution < -0.4 is 16.0 Å². The van der Waals surface area contributed by atoms with Gasteiger partial charge in [-0.2, -0.15) is 0 Å². The Morgan fingerprint density at radius 3 is 3.00 bits per heavy atom. The molecule has 1 atom stereocenters. The number of imidazole rings is 1. The van der Waals surface area contributed by atoms with Crippen LogP contribution in [-0.2, 0) is 11.2 Å². The first kappa shape index (κ1) is 20.2. The standard InChI is InChI=1S/C15H20N6O.2ClH/c1-10-8-16-4-2-11(10)17-6-7-19-15(22)14-13-12(3-5-18-14)20-9-21-13;;/h2,4,8-9,14,18H,3,5-7H2,1H3,(H,16,17)(H,19,22)(H,20,21);2*1H. The highest BCUT2D eigenvalue weighted by Gasteiger charge is 2.27. The molecule has 0 fully saturated rings. The van der Waals surface area contributed by atoms with Crippen LogP contribution in [0, 0.1) is 6.92 Å². The lowest BCUT2D eigenvalue weighted by Gasteiger charge is -2.22. The second-order valence-corrected chi connectivity index (χ2v) is 5.31. The molecule has 0 bridgehead atoms. The van der Waals surface area contributed by atoms with E-state index in [9.17, 15) is 4.79 Å². The summed E-state index contributed by atoms with van der Waals surface area (Å²) in [6.07, 6.45) is 6.08. The number of halogens is 2. The summed E-state index contributed by atoms with van der Waals surface area (Å²) in [6, 6.07) is 1.56. The molecular formula is C15H22Cl2N6O. The molecule has 2 aromatic heterocycles. The smallest absolute Gasteiger partial charge is 0.243 e. The van der Waals surface area contributed by atoms with Crippen molar-refractivity contribution >= 4 is 36.4 Å². The lowest BCUT2D eigenvalue weighted by atomic mass is 10.1. The van der Waals surface area contributed by atoms with Crippen molar-refractivity contribution in [1.82, 2.24) is 25.6 Å². The van der Waals surface area contributed by atoms with Gasteiger partial charge in [-0.25, -0.2) is 4.98 Å². The Morgan fingerprint density at radius 1 is 1.38 bits per heavy atom. The molecule has 0 spiro atoms. The number of nitrogens with zero attached hydrogens (tertiary/aromatic N) is 2. The Kier molecular flexibility index (Phi) is 7.97. The van der Waals surface area contributed by atoms with Gasteiger partial charge in [0.05, 0.1) is 12.0 Å². The van der Waals surface area contributed by atoms with E-state index in [1.165, 1.54) is 0 Å². The van der Waals surface area contributed by atoms with Gasteiger partial charge >= 0.3 is 0 Å². The number of pyridine rings is 1. The highest BCUT2D eigenvalue weighted by molar-refractivity contribution is 5.85. The SMILES string of the molecule is Cc1cnccc1NCCNC(=O)C1NCCc2[nH]cnc21.Cl.Cl. The second-order valence-electron chi connectivity index (χ2n) is 5.31. The van der Waals surface area contributed by atoms with Crippen molar-refractivity contribution in [2.45, 2.75) is 19.4 Å². The Balaban J connectivity index is 0.00000144. The topological polar surface area (TPSA) is 94.7 Å². The summed E-state index contributed by atoms with van der Waals surface area (Å²) in [6.45, 7) is 4.00. The number of amides is 1. The van der Waals surface area contributed by atoms with Gasteiger partial charge in [-0.15, -0.1) is 24.8 Å². The first-order valence-corrected chi connectivity index (χ1v) is 7.43. The Labute approximate surface area is 153 Å². The van der Waals surface area contributed by atoms with E-state index in [-0.39, 0.29) is 36.8 Å². The predicted octanol–water partition coefficient (Wildman–Crippen LogP) is 1.37. The molecule has 1 aliphatic heterocycles. The maximum atomic E-state index is 12.3. The van der Waals surface area contributed by atoms with Crippen molar-refractivity contribution in [1.29, 1.82) is 0 Å². The lowest BCUT2D eigenvalue weighted by molar-refractivity contribution is -0.123. The number of carbonyl (C=O) groups excluding carboxylic acids is 1. The van der Waals surface area contributed by atoms with E-state index in [0.29, 0.717) is 13.1 Å². The summed E-state index contributed by atoms with van der Waals surface area (Å²) in [7, 11) is 0. The summed E-state index contributed by atoms with van der Waals surface area (Å²) in [5.74, 6) is -0.0405. The van der Waals surface area contributed by atoms with Crippen molar-refractivity contribution < 1.29 is 4.79 Å². The maximum absolute atomic E-state index is 12.3.